The van der Waals surface area contributed by atoms with Gasteiger partial charge in [0.2, 0.25) is 0 Å². The van der Waals surface area contributed by atoms with Crippen LogP contribution in [0, 0.1) is 6.92 Å². The second kappa shape index (κ2) is 6.55. The van der Waals surface area contributed by atoms with Crippen LogP contribution in [0.15, 0.2) is 47.9 Å². The molecule has 6 nitrogen and oxygen atoms in total. The number of imidazole rings is 1. The molecule has 1 aliphatic heterocycles. The zero-order valence-corrected chi connectivity index (χ0v) is 14.4. The Labute approximate surface area is 146 Å². The van der Waals surface area contributed by atoms with E-state index in [2.05, 4.69) is 44.0 Å². The summed E-state index contributed by atoms with van der Waals surface area (Å²) < 4.78 is 2.12. The molecule has 128 valence electrons. The van der Waals surface area contributed by atoms with E-state index in [9.17, 15) is 0 Å². The third-order valence-corrected chi connectivity index (χ3v) is 4.44. The zero-order chi connectivity index (χ0) is 17.2. The number of oxime groups is 1. The van der Waals surface area contributed by atoms with Gasteiger partial charge in [0.05, 0.1) is 30.0 Å². The lowest BCUT2D eigenvalue weighted by molar-refractivity contribution is 0.0728. The fraction of sp³-hybridized carbons (Fsp3) is 0.316. The minimum atomic E-state index is 0.0477. The van der Waals surface area contributed by atoms with Gasteiger partial charge in [0.25, 0.3) is 0 Å². The minimum absolute atomic E-state index is 0.0477. The lowest BCUT2D eigenvalue weighted by atomic mass is 10.1. The molecule has 0 saturated heterocycles. The van der Waals surface area contributed by atoms with Crippen molar-refractivity contribution in [2.24, 2.45) is 5.16 Å². The maximum atomic E-state index is 5.58. The van der Waals surface area contributed by atoms with Crippen molar-refractivity contribution in [3.8, 4) is 22.6 Å². The van der Waals surface area contributed by atoms with Crippen LogP contribution < -0.4 is 0 Å². The van der Waals surface area contributed by atoms with Gasteiger partial charge in [-0.3, -0.25) is 5.10 Å². The Morgan fingerprint density at radius 3 is 2.80 bits per heavy atom. The summed E-state index contributed by atoms with van der Waals surface area (Å²) in [4.78, 5) is 10.3. The molecule has 0 bridgehead atoms. The van der Waals surface area contributed by atoms with Crippen molar-refractivity contribution >= 4 is 5.71 Å². The molecule has 4 rings (SSSR count). The van der Waals surface area contributed by atoms with E-state index in [1.54, 1.807) is 0 Å². The molecule has 6 heteroatoms. The standard InChI is InChI=1S/C19H21N5O/c1-3-15-10-16(25-23-15)11-24-12-20-18(14-7-5-4-6-8-14)19(24)17-9-13(2)21-22-17/h4-9,12,16H,3,10-11H2,1-2H3,(H,21,22)/t16-/m0/s1. The van der Waals surface area contributed by atoms with Crippen LogP contribution in [0.2, 0.25) is 0 Å². The third-order valence-electron chi connectivity index (χ3n) is 4.44. The molecule has 3 aromatic rings. The predicted octanol–water partition coefficient (Wildman–Crippen LogP) is 3.80. The van der Waals surface area contributed by atoms with Crippen LogP contribution in [-0.2, 0) is 11.4 Å². The molecule has 0 radical (unpaired) electrons. The molecule has 0 saturated carbocycles. The number of rotatable bonds is 5. The van der Waals surface area contributed by atoms with Crippen molar-refractivity contribution in [1.82, 2.24) is 19.7 Å². The Balaban J connectivity index is 1.71. The third kappa shape index (κ3) is 3.07. The summed E-state index contributed by atoms with van der Waals surface area (Å²) in [5.74, 6) is 0. The molecule has 1 aliphatic rings. The smallest absolute Gasteiger partial charge is 0.150 e. The fourth-order valence-electron chi connectivity index (χ4n) is 3.15. The number of nitrogens with one attached hydrogen (secondary N) is 1. The molecule has 0 amide bonds. The van der Waals surface area contributed by atoms with Gasteiger partial charge in [-0.2, -0.15) is 5.10 Å². The molecule has 1 aromatic carbocycles. The summed E-state index contributed by atoms with van der Waals surface area (Å²) >= 11 is 0. The van der Waals surface area contributed by atoms with Gasteiger partial charge in [-0.25, -0.2) is 4.98 Å². The van der Waals surface area contributed by atoms with Crippen molar-refractivity contribution in [3.63, 3.8) is 0 Å². The summed E-state index contributed by atoms with van der Waals surface area (Å²) in [5, 5.41) is 11.6. The molecule has 1 N–H and O–H groups in total. The lowest BCUT2D eigenvalue weighted by Gasteiger charge is -2.12. The van der Waals surface area contributed by atoms with Crippen LogP contribution in [0.1, 0.15) is 25.5 Å². The largest absolute Gasteiger partial charge is 0.390 e. The number of hydrogen-bond donors (Lipinski definition) is 1. The molecule has 0 fully saturated rings. The molecule has 2 aromatic heterocycles. The maximum absolute atomic E-state index is 5.58. The van der Waals surface area contributed by atoms with Gasteiger partial charge < -0.3 is 9.40 Å². The maximum Gasteiger partial charge on any atom is 0.150 e. The highest BCUT2D eigenvalue weighted by atomic mass is 16.6. The molecule has 0 unspecified atom stereocenters. The molecular weight excluding hydrogens is 314 g/mol. The van der Waals surface area contributed by atoms with E-state index in [0.29, 0.717) is 6.54 Å². The van der Waals surface area contributed by atoms with Crippen molar-refractivity contribution in [2.75, 3.05) is 0 Å². The van der Waals surface area contributed by atoms with Crippen molar-refractivity contribution in [1.29, 1.82) is 0 Å². The quantitative estimate of drug-likeness (QED) is 0.771. The molecular formula is C19H21N5O. The number of H-pyrrole nitrogens is 1. The van der Waals surface area contributed by atoms with Crippen LogP contribution in [0.4, 0.5) is 0 Å². The van der Waals surface area contributed by atoms with Gasteiger partial charge in [-0.1, -0.05) is 42.4 Å². The van der Waals surface area contributed by atoms with Crippen LogP contribution >= 0.6 is 0 Å². The number of nitrogens with zero attached hydrogens (tertiary/aromatic N) is 4. The summed E-state index contributed by atoms with van der Waals surface area (Å²) in [6.45, 7) is 4.81. The summed E-state index contributed by atoms with van der Waals surface area (Å²) in [6, 6.07) is 12.2. The van der Waals surface area contributed by atoms with Gasteiger partial charge >= 0.3 is 0 Å². The first-order valence-corrected chi connectivity index (χ1v) is 8.59. The van der Waals surface area contributed by atoms with Gasteiger partial charge in [0.15, 0.2) is 6.10 Å². The summed E-state index contributed by atoms with van der Waals surface area (Å²) in [6.07, 6.45) is 3.72. The zero-order valence-electron chi connectivity index (χ0n) is 14.4. The Bertz CT molecular complexity index is 894. The molecule has 3 heterocycles. The van der Waals surface area contributed by atoms with E-state index < -0.39 is 0 Å². The highest BCUT2D eigenvalue weighted by Crippen LogP contribution is 2.31. The average molecular weight is 335 g/mol. The number of aromatic nitrogens is 4. The normalized spacial score (nSPS) is 16.7. The van der Waals surface area contributed by atoms with E-state index >= 15 is 0 Å². The van der Waals surface area contributed by atoms with Crippen LogP contribution in [0.3, 0.4) is 0 Å². The van der Waals surface area contributed by atoms with E-state index in [1.807, 2.05) is 37.5 Å². The molecule has 0 spiro atoms. The second-order valence-corrected chi connectivity index (χ2v) is 6.34. The summed E-state index contributed by atoms with van der Waals surface area (Å²) in [7, 11) is 0. The monoisotopic (exact) mass is 335 g/mol. The first kappa shape index (κ1) is 15.6. The van der Waals surface area contributed by atoms with Crippen LogP contribution in [-0.4, -0.2) is 31.6 Å². The first-order valence-electron chi connectivity index (χ1n) is 8.59. The Hall–Kier alpha value is -2.89. The Morgan fingerprint density at radius 2 is 2.12 bits per heavy atom. The van der Waals surface area contributed by atoms with Crippen molar-refractivity contribution < 1.29 is 4.84 Å². The number of aryl methyl sites for hydroxylation is 1. The van der Waals surface area contributed by atoms with Crippen LogP contribution in [0.25, 0.3) is 22.6 Å². The summed E-state index contributed by atoms with van der Waals surface area (Å²) in [5.41, 5.74) is 6.05. The average Bonchev–Trinajstić information content (AvgIpc) is 3.36. The highest BCUT2D eigenvalue weighted by molar-refractivity contribution is 5.85. The first-order chi connectivity index (χ1) is 12.2. The van der Waals surface area contributed by atoms with E-state index in [4.69, 9.17) is 4.84 Å². The fourth-order valence-corrected chi connectivity index (χ4v) is 3.15. The number of hydrogen-bond acceptors (Lipinski definition) is 4. The van der Waals surface area contributed by atoms with Gasteiger partial charge in [0, 0.05) is 17.7 Å². The molecule has 0 aliphatic carbocycles. The Kier molecular flexibility index (Phi) is 4.09. The van der Waals surface area contributed by atoms with Gasteiger partial charge in [-0.15, -0.1) is 0 Å². The predicted molar refractivity (Wildman–Crippen MR) is 97.2 cm³/mol. The SMILES string of the molecule is CCC1=NO[C@H](Cn2cnc(-c3ccccc3)c2-c2cc(C)[nH]n2)C1. The highest BCUT2D eigenvalue weighted by Gasteiger charge is 2.24. The van der Waals surface area contributed by atoms with E-state index in [0.717, 1.165) is 46.9 Å². The minimum Gasteiger partial charge on any atom is -0.390 e. The molecule has 1 atom stereocenters. The van der Waals surface area contributed by atoms with E-state index in [1.165, 1.54) is 0 Å². The van der Waals surface area contributed by atoms with Gasteiger partial charge in [0.1, 0.15) is 5.69 Å². The second-order valence-electron chi connectivity index (χ2n) is 6.34. The number of benzene rings is 1. The lowest BCUT2D eigenvalue weighted by Crippen LogP contribution is -2.16. The van der Waals surface area contributed by atoms with Crippen molar-refractivity contribution in [2.45, 2.75) is 39.3 Å². The number of aromatic amines is 1. The molecule has 25 heavy (non-hydrogen) atoms. The van der Waals surface area contributed by atoms with Crippen LogP contribution in [0.5, 0.6) is 0 Å². The Morgan fingerprint density at radius 1 is 1.28 bits per heavy atom. The topological polar surface area (TPSA) is 68.1 Å². The van der Waals surface area contributed by atoms with E-state index in [-0.39, 0.29) is 6.10 Å². The van der Waals surface area contributed by atoms with Gasteiger partial charge in [-0.05, 0) is 19.4 Å². The van der Waals surface area contributed by atoms with Crippen molar-refractivity contribution in [3.05, 3.63) is 48.4 Å².